The molecule has 1 aromatic rings. The van der Waals surface area contributed by atoms with Gasteiger partial charge in [0.2, 0.25) is 0 Å². The zero-order chi connectivity index (χ0) is 22.6. The summed E-state index contributed by atoms with van der Waals surface area (Å²) in [5, 5.41) is 13.0. The maximum atomic E-state index is 13.5. The zero-order valence-electron chi connectivity index (χ0n) is 19.0. The molecule has 10 heteroatoms. The number of fused-ring (bicyclic) bond motifs is 4. The number of hydrogen-bond donors (Lipinski definition) is 2. The number of ether oxygens (including phenoxy) is 1. The van der Waals surface area contributed by atoms with Crippen LogP contribution in [0.5, 0.6) is 6.01 Å². The summed E-state index contributed by atoms with van der Waals surface area (Å²) in [5.41, 5.74) is 2.03. The fourth-order valence-corrected chi connectivity index (χ4v) is 7.01. The number of halogens is 1. The van der Waals surface area contributed by atoms with Crippen molar-refractivity contribution in [3.8, 4) is 6.01 Å². The van der Waals surface area contributed by atoms with Gasteiger partial charge in [0.15, 0.2) is 0 Å². The van der Waals surface area contributed by atoms with Crippen LogP contribution in [-0.2, 0) is 13.0 Å². The smallest absolute Gasteiger partial charge is 0.407 e. The number of hydrogen-bond acceptors (Lipinski definition) is 7. The van der Waals surface area contributed by atoms with E-state index in [0.29, 0.717) is 32.3 Å². The van der Waals surface area contributed by atoms with Gasteiger partial charge in [0.05, 0.1) is 23.3 Å². The van der Waals surface area contributed by atoms with E-state index in [4.69, 9.17) is 14.7 Å². The Morgan fingerprint density at radius 3 is 2.79 bits per heavy atom. The summed E-state index contributed by atoms with van der Waals surface area (Å²) < 4.78 is 19.8. The summed E-state index contributed by atoms with van der Waals surface area (Å²) >= 11 is 0. The van der Waals surface area contributed by atoms with E-state index in [2.05, 4.69) is 15.1 Å². The van der Waals surface area contributed by atoms with Crippen molar-refractivity contribution in [3.05, 3.63) is 11.3 Å². The summed E-state index contributed by atoms with van der Waals surface area (Å²) in [6, 6.07) is 0.437. The van der Waals surface area contributed by atoms with Gasteiger partial charge in [-0.3, -0.25) is 9.80 Å². The summed E-state index contributed by atoms with van der Waals surface area (Å²) in [6.45, 7) is 4.03. The minimum absolute atomic E-state index is 0.0139. The Bertz CT molecular complexity index is 920. The van der Waals surface area contributed by atoms with Crippen molar-refractivity contribution in [1.82, 2.24) is 25.1 Å². The molecule has 0 saturated carbocycles. The monoisotopic (exact) mass is 460 g/mol. The van der Waals surface area contributed by atoms with Crippen molar-refractivity contribution in [2.45, 2.75) is 75.2 Å². The molecule has 4 atom stereocenters. The van der Waals surface area contributed by atoms with E-state index >= 15 is 0 Å². The fourth-order valence-electron chi connectivity index (χ4n) is 7.01. The molecule has 2 N–H and O–H groups in total. The van der Waals surface area contributed by atoms with Crippen LogP contribution >= 0.6 is 0 Å². The molecule has 5 aliphatic rings. The average Bonchev–Trinajstić information content (AvgIpc) is 3.47. The first kappa shape index (κ1) is 21.3. The van der Waals surface area contributed by atoms with Crippen molar-refractivity contribution < 1.29 is 19.0 Å². The van der Waals surface area contributed by atoms with Crippen molar-refractivity contribution in [3.63, 3.8) is 0 Å². The summed E-state index contributed by atoms with van der Waals surface area (Å²) in [6.07, 6.45) is 5.80. The van der Waals surface area contributed by atoms with Crippen LogP contribution in [0, 0.1) is 0 Å². The fraction of sp³-hybridized carbons (Fsp3) is 0.783. The molecule has 4 fully saturated rings. The molecule has 33 heavy (non-hydrogen) atoms. The first-order chi connectivity index (χ1) is 16.1. The number of alkyl halides is 1. The molecule has 0 radical (unpaired) electrons. The van der Waals surface area contributed by atoms with Crippen molar-refractivity contribution in [2.75, 3.05) is 44.4 Å². The van der Waals surface area contributed by atoms with Gasteiger partial charge in [-0.15, -0.1) is 0 Å². The number of nitrogens with one attached hydrogen (secondary N) is 1. The lowest BCUT2D eigenvalue weighted by atomic mass is 9.95. The van der Waals surface area contributed by atoms with Crippen LogP contribution in [0.1, 0.15) is 49.8 Å². The number of nitrogens with zero attached hydrogens (tertiary/aromatic N) is 5. The first-order valence-corrected chi connectivity index (χ1v) is 12.4. The van der Waals surface area contributed by atoms with Crippen LogP contribution in [0.15, 0.2) is 0 Å². The maximum Gasteiger partial charge on any atom is 0.407 e. The van der Waals surface area contributed by atoms with Gasteiger partial charge < -0.3 is 20.1 Å². The average molecular weight is 461 g/mol. The third-order valence-electron chi connectivity index (χ3n) is 8.58. The van der Waals surface area contributed by atoms with E-state index in [9.17, 15) is 14.3 Å². The molecule has 2 unspecified atom stereocenters. The Balaban J connectivity index is 1.25. The number of amides is 1. The standard InChI is InChI=1S/C23H33FN6O3/c24-10-15-4-7-23(6-1-9-29(15)23)14-33-21-26-19-11-25-8-5-18(19)20(27-21)28-12-16-2-3-17(13-28)30(16)22(31)32/h15-17,25H,1-14H2,(H,31,32)/t15?,16-,17+,23?. The molecular formula is C23H33FN6O3. The molecule has 2 bridgehead atoms. The predicted molar refractivity (Wildman–Crippen MR) is 119 cm³/mol. The number of rotatable bonds is 5. The van der Waals surface area contributed by atoms with Crippen molar-refractivity contribution >= 4 is 11.9 Å². The quantitative estimate of drug-likeness (QED) is 0.687. The first-order valence-electron chi connectivity index (χ1n) is 12.4. The van der Waals surface area contributed by atoms with E-state index in [0.717, 1.165) is 75.1 Å². The van der Waals surface area contributed by atoms with Gasteiger partial charge in [0.1, 0.15) is 19.1 Å². The Morgan fingerprint density at radius 2 is 2.03 bits per heavy atom. The minimum Gasteiger partial charge on any atom is -0.465 e. The Labute approximate surface area is 193 Å². The lowest BCUT2D eigenvalue weighted by molar-refractivity contribution is 0.0768. The molecule has 5 aliphatic heterocycles. The van der Waals surface area contributed by atoms with Crippen LogP contribution in [0.4, 0.5) is 15.0 Å². The normalized spacial score (nSPS) is 33.3. The second-order valence-corrected chi connectivity index (χ2v) is 10.3. The lowest BCUT2D eigenvalue weighted by Gasteiger charge is -2.41. The number of anilines is 1. The number of aromatic nitrogens is 2. The molecular weight excluding hydrogens is 427 g/mol. The minimum atomic E-state index is -0.816. The van der Waals surface area contributed by atoms with Gasteiger partial charge in [0, 0.05) is 31.2 Å². The molecule has 6 heterocycles. The van der Waals surface area contributed by atoms with Gasteiger partial charge in [-0.1, -0.05) is 0 Å². The molecule has 0 spiro atoms. The SMILES string of the molecule is O=C(O)N1[C@@H]2CC[C@H]1CN(c1nc(OCC34CCCN3C(CF)CC4)nc3c1CCNC3)C2. The van der Waals surface area contributed by atoms with Gasteiger partial charge in [-0.2, -0.15) is 9.97 Å². The zero-order valence-corrected chi connectivity index (χ0v) is 19.0. The lowest BCUT2D eigenvalue weighted by Crippen LogP contribution is -2.56. The Hall–Kier alpha value is -2.20. The second kappa shape index (κ2) is 8.23. The largest absolute Gasteiger partial charge is 0.465 e. The molecule has 1 amide bonds. The van der Waals surface area contributed by atoms with Crippen molar-refractivity contribution in [2.24, 2.45) is 0 Å². The second-order valence-electron chi connectivity index (χ2n) is 10.3. The molecule has 180 valence electrons. The number of piperazine rings is 1. The number of carboxylic acid groups (broad SMARTS) is 1. The Kier molecular flexibility index (Phi) is 5.32. The van der Waals surface area contributed by atoms with E-state index in [1.165, 1.54) is 0 Å². The van der Waals surface area contributed by atoms with Gasteiger partial charge in [-0.05, 0) is 58.0 Å². The van der Waals surface area contributed by atoms with E-state index < -0.39 is 6.09 Å². The predicted octanol–water partition coefficient (Wildman–Crippen LogP) is 1.80. The summed E-state index contributed by atoms with van der Waals surface area (Å²) in [7, 11) is 0. The van der Waals surface area contributed by atoms with Crippen LogP contribution in [0.2, 0.25) is 0 Å². The highest BCUT2D eigenvalue weighted by Gasteiger charge is 2.50. The van der Waals surface area contributed by atoms with Gasteiger partial charge in [-0.25, -0.2) is 9.18 Å². The summed E-state index contributed by atoms with van der Waals surface area (Å²) in [4.78, 5) is 27.6. The van der Waals surface area contributed by atoms with Gasteiger partial charge >= 0.3 is 12.1 Å². The topological polar surface area (TPSA) is 94.1 Å². The molecule has 1 aromatic heterocycles. The van der Waals surface area contributed by atoms with Gasteiger partial charge in [0.25, 0.3) is 0 Å². The van der Waals surface area contributed by atoms with Crippen LogP contribution < -0.4 is 15.0 Å². The third-order valence-corrected chi connectivity index (χ3v) is 8.58. The van der Waals surface area contributed by atoms with Crippen LogP contribution in [0.3, 0.4) is 0 Å². The van der Waals surface area contributed by atoms with Crippen molar-refractivity contribution in [1.29, 1.82) is 0 Å². The molecule has 9 nitrogen and oxygen atoms in total. The Morgan fingerprint density at radius 1 is 1.21 bits per heavy atom. The number of carbonyl (C=O) groups is 1. The molecule has 6 rings (SSSR count). The molecule has 0 aliphatic carbocycles. The molecule has 0 aromatic carbocycles. The van der Waals surface area contributed by atoms with E-state index in [1.807, 2.05) is 0 Å². The van der Waals surface area contributed by atoms with Crippen LogP contribution in [0.25, 0.3) is 0 Å². The highest BCUT2D eigenvalue weighted by molar-refractivity contribution is 5.67. The maximum absolute atomic E-state index is 13.5. The molecule has 4 saturated heterocycles. The highest BCUT2D eigenvalue weighted by Crippen LogP contribution is 2.43. The van der Waals surface area contributed by atoms with E-state index in [1.54, 1.807) is 4.90 Å². The summed E-state index contributed by atoms with van der Waals surface area (Å²) in [5.74, 6) is 0.910. The van der Waals surface area contributed by atoms with E-state index in [-0.39, 0.29) is 30.3 Å². The highest BCUT2D eigenvalue weighted by atomic mass is 19.1. The van der Waals surface area contributed by atoms with Crippen LogP contribution in [-0.4, -0.2) is 94.1 Å². The third kappa shape index (κ3) is 3.53.